The van der Waals surface area contributed by atoms with Crippen LogP contribution in [0.15, 0.2) is 66.7 Å². The van der Waals surface area contributed by atoms with Gasteiger partial charge in [-0.3, -0.25) is 0 Å². The summed E-state index contributed by atoms with van der Waals surface area (Å²) in [5, 5.41) is 1.98. The van der Waals surface area contributed by atoms with Crippen molar-refractivity contribution in [3.05, 3.63) is 77.9 Å². The summed E-state index contributed by atoms with van der Waals surface area (Å²) < 4.78 is 1.92. The normalized spacial score (nSPS) is 13.1. The van der Waals surface area contributed by atoms with Crippen LogP contribution in [0.3, 0.4) is 0 Å². The average Bonchev–Trinajstić information content (AvgIpc) is 2.72. The van der Waals surface area contributed by atoms with E-state index in [0.29, 0.717) is 20.6 Å². The predicted molar refractivity (Wildman–Crippen MR) is 178 cm³/mol. The van der Waals surface area contributed by atoms with Gasteiger partial charge in [-0.25, -0.2) is 0 Å². The Morgan fingerprint density at radius 2 is 0.892 bits per heavy atom. The first-order chi connectivity index (χ1) is 16.7. The molecule has 0 heterocycles. The third-order valence-corrected chi connectivity index (χ3v) is 18.3. The monoisotopic (exact) mass is 670 g/mol. The molecule has 0 aliphatic rings. The molecule has 0 amide bonds. The minimum absolute atomic E-state index is 0.394. The van der Waals surface area contributed by atoms with Crippen LogP contribution >= 0.6 is 35.2 Å². The molecule has 0 aromatic heterocycles. The summed E-state index contributed by atoms with van der Waals surface area (Å²) in [4.78, 5) is 0. The first-order valence-corrected chi connectivity index (χ1v) is 22.0. The van der Waals surface area contributed by atoms with Crippen molar-refractivity contribution in [1.82, 2.24) is 0 Å². The number of benzene rings is 2. The Labute approximate surface area is 245 Å². The van der Waals surface area contributed by atoms with Gasteiger partial charge < -0.3 is 0 Å². The van der Waals surface area contributed by atoms with Gasteiger partial charge in [0.15, 0.2) is 5.90 Å². The number of halogens is 2. The zero-order valence-corrected chi connectivity index (χ0v) is 30.5. The molecule has 5 heteroatoms. The van der Waals surface area contributed by atoms with Gasteiger partial charge in [0, 0.05) is 15.8 Å². The van der Waals surface area contributed by atoms with Gasteiger partial charge in [-0.2, -0.15) is 0 Å². The van der Waals surface area contributed by atoms with Crippen molar-refractivity contribution in [2.45, 2.75) is 104 Å². The van der Waals surface area contributed by atoms with E-state index in [1.54, 1.807) is 0 Å². The van der Waals surface area contributed by atoms with Crippen LogP contribution in [-0.4, -0.2) is 31.1 Å². The minimum atomic E-state index is -1.77. The summed E-state index contributed by atoms with van der Waals surface area (Å²) in [6, 6.07) is 20.5. The molecule has 0 atom stereocenters. The Kier molecular flexibility index (Phi) is 13.9. The van der Waals surface area contributed by atoms with E-state index in [1.807, 2.05) is 47.1 Å². The molecule has 0 fully saturated rings. The van der Waals surface area contributed by atoms with Gasteiger partial charge in [0.1, 0.15) is 0 Å². The van der Waals surface area contributed by atoms with E-state index in [9.17, 15) is 0 Å². The Balaban J connectivity index is 0.000000370. The third-order valence-electron chi connectivity index (χ3n) is 6.46. The number of rotatable bonds is 5. The maximum atomic E-state index is 5.91. The molecule has 0 unspecified atom stereocenters. The molecule has 0 nitrogen and oxygen atoms in total. The van der Waals surface area contributed by atoms with E-state index in [4.69, 9.17) is 19.4 Å². The van der Waals surface area contributed by atoms with Crippen molar-refractivity contribution in [2.75, 3.05) is 5.90 Å². The van der Waals surface area contributed by atoms with Crippen molar-refractivity contribution >= 4 is 45.4 Å². The van der Waals surface area contributed by atoms with Crippen LogP contribution in [0.4, 0.5) is 0 Å². The third kappa shape index (κ3) is 12.9. The van der Waals surface area contributed by atoms with Crippen LogP contribution < -0.4 is 0 Å². The molecular formula is C32H52Cl2P2Ru+2. The van der Waals surface area contributed by atoms with E-state index in [0.717, 1.165) is 5.57 Å². The number of allylic oxidation sites excluding steroid dienone is 1. The molecule has 0 saturated heterocycles. The summed E-state index contributed by atoms with van der Waals surface area (Å²) in [6.07, 6.45) is 2.03. The fourth-order valence-corrected chi connectivity index (χ4v) is 20.6. The molecule has 2 aromatic carbocycles. The number of hydrogen-bond donors (Lipinski definition) is 0. The second-order valence-corrected chi connectivity index (χ2v) is 28.9. The predicted octanol–water partition coefficient (Wildman–Crippen LogP) is 11.4. The topological polar surface area (TPSA) is 0 Å². The van der Waals surface area contributed by atoms with Crippen LogP contribution in [0.1, 0.15) is 94.2 Å². The van der Waals surface area contributed by atoms with Crippen LogP contribution in [0.5, 0.6) is 0 Å². The van der Waals surface area contributed by atoms with Gasteiger partial charge in [-0.1, -0.05) is 0 Å². The average molecular weight is 671 g/mol. The quantitative estimate of drug-likeness (QED) is 0.219. The Bertz CT molecular complexity index is 900. The Morgan fingerprint density at radius 1 is 0.595 bits per heavy atom. The molecule has 0 bridgehead atoms. The van der Waals surface area contributed by atoms with E-state index in [2.05, 4.69) is 107 Å². The first-order valence-electron chi connectivity index (χ1n) is 13.1. The van der Waals surface area contributed by atoms with Crippen LogP contribution in [0.25, 0.3) is 5.57 Å². The molecule has 0 aliphatic heterocycles. The van der Waals surface area contributed by atoms with Crippen molar-refractivity contribution in [1.29, 1.82) is 0 Å². The Hall–Kier alpha value is 0.113. The zero-order chi connectivity index (χ0) is 28.7. The molecule has 0 radical (unpaired) electrons. The van der Waals surface area contributed by atoms with Gasteiger partial charge in [-0.15, -0.1) is 0 Å². The second-order valence-electron chi connectivity index (χ2n) is 13.8. The fraction of sp³-hybridized carbons (Fsp3) is 0.531. The summed E-state index contributed by atoms with van der Waals surface area (Å²) in [5.74, 6) is 1.52. The van der Waals surface area contributed by atoms with Crippen LogP contribution in [0.2, 0.25) is 0 Å². The van der Waals surface area contributed by atoms with E-state index in [1.165, 1.54) is 17.0 Å². The molecule has 0 spiro atoms. The second kappa shape index (κ2) is 14.7. The van der Waals surface area contributed by atoms with Gasteiger partial charge in [0.2, 0.25) is 0 Å². The molecule has 2 rings (SSSR count). The van der Waals surface area contributed by atoms with E-state index in [-0.39, 0.29) is 0 Å². The number of hydrogen-bond acceptors (Lipinski definition) is 0. The molecule has 210 valence electrons. The summed E-state index contributed by atoms with van der Waals surface area (Å²) in [5.41, 5.74) is 3.49. The van der Waals surface area contributed by atoms with Crippen molar-refractivity contribution in [3.63, 3.8) is 0 Å². The summed E-state index contributed by atoms with van der Waals surface area (Å²) in [7, 11) is 11.0. The van der Waals surface area contributed by atoms with Crippen LogP contribution in [0, 0.1) is 0 Å². The SMILES string of the molecule is CC(C)(C)[PH+](C[PH+](C(C)(C)C)C(C)(C)C)C(C)(C)C.[Cl][Ru]([Cl])=[CH]C=C(c1ccccc1)c1ccccc1. The fourth-order valence-electron chi connectivity index (χ4n) is 5.19. The molecule has 37 heavy (non-hydrogen) atoms. The standard InChI is InChI=1S/C17H38P2.C15H12.2ClH.Ru/c1-14(2,3)18(15(4,5)6)13-19(16(7,8)9)17(10,11)12;1-2-15(13-9-5-3-6-10-13)14-11-7-4-8-12-14;;;/h13H2,1-12H3;1-12H;2*1H;/q;;;;+2. The summed E-state index contributed by atoms with van der Waals surface area (Å²) >= 11 is -1.77. The van der Waals surface area contributed by atoms with E-state index < -0.39 is 29.4 Å². The molecule has 0 N–H and O–H groups in total. The maximum absolute atomic E-state index is 5.91. The molecule has 0 saturated carbocycles. The molecular weight excluding hydrogens is 618 g/mol. The first kappa shape index (κ1) is 35.1. The van der Waals surface area contributed by atoms with Gasteiger partial charge in [0.05, 0.1) is 20.6 Å². The zero-order valence-electron chi connectivity index (χ0n) is 25.2. The molecule has 2 aromatic rings. The van der Waals surface area contributed by atoms with Crippen molar-refractivity contribution in [2.24, 2.45) is 0 Å². The van der Waals surface area contributed by atoms with Gasteiger partial charge in [-0.05, 0) is 83.1 Å². The van der Waals surface area contributed by atoms with Gasteiger partial charge in [0.25, 0.3) is 0 Å². The van der Waals surface area contributed by atoms with Crippen LogP contribution in [-0.2, 0) is 13.5 Å². The molecule has 0 aliphatic carbocycles. The van der Waals surface area contributed by atoms with E-state index >= 15 is 0 Å². The van der Waals surface area contributed by atoms with Gasteiger partial charge >= 0.3 is 121 Å². The van der Waals surface area contributed by atoms with Crippen molar-refractivity contribution in [3.8, 4) is 0 Å². The Morgan fingerprint density at radius 3 is 1.14 bits per heavy atom. The van der Waals surface area contributed by atoms with Crippen molar-refractivity contribution < 1.29 is 13.5 Å². The summed E-state index contributed by atoms with van der Waals surface area (Å²) in [6.45, 7) is 29.6.